The van der Waals surface area contributed by atoms with Gasteiger partial charge in [0.15, 0.2) is 0 Å². The lowest BCUT2D eigenvalue weighted by atomic mass is 10.2. The van der Waals surface area contributed by atoms with Gasteiger partial charge in [0.25, 0.3) is 5.56 Å². The van der Waals surface area contributed by atoms with E-state index in [1.807, 2.05) is 0 Å². The van der Waals surface area contributed by atoms with Crippen molar-refractivity contribution in [2.24, 2.45) is 0 Å². The molecule has 0 saturated carbocycles. The normalized spacial score (nSPS) is 16.6. The number of pyridine rings is 1. The fraction of sp³-hybridized carbons (Fsp3) is 0.300. The maximum absolute atomic E-state index is 11.7. The van der Waals surface area contributed by atoms with Gasteiger partial charge in [-0.25, -0.2) is 0 Å². The van der Waals surface area contributed by atoms with Crippen molar-refractivity contribution in [2.45, 2.75) is 19.9 Å². The van der Waals surface area contributed by atoms with Crippen molar-refractivity contribution in [3.63, 3.8) is 0 Å². The molecule has 1 aliphatic rings. The molecule has 1 aliphatic heterocycles. The van der Waals surface area contributed by atoms with Crippen molar-refractivity contribution in [3.8, 4) is 11.6 Å². The van der Waals surface area contributed by atoms with Gasteiger partial charge in [0.2, 0.25) is 5.88 Å². The smallest absolute Gasteiger partial charge is 0.333 e. The zero-order chi connectivity index (χ0) is 12.8. The Bertz CT molecular complexity index is 654. The minimum Gasteiger partial charge on any atom is -0.507 e. The molecule has 0 fully saturated rings. The van der Waals surface area contributed by atoms with Crippen LogP contribution in [0, 0.1) is 0 Å². The van der Waals surface area contributed by atoms with Crippen molar-refractivity contribution in [2.75, 3.05) is 0 Å². The third-order valence-electron chi connectivity index (χ3n) is 2.34. The number of nitrogens with zero attached hydrogens (tertiary/aromatic N) is 1. The maximum Gasteiger partial charge on any atom is 0.333 e. The summed E-state index contributed by atoms with van der Waals surface area (Å²) >= 11 is 0. The Morgan fingerprint density at radius 3 is 2.65 bits per heavy atom. The summed E-state index contributed by atoms with van der Waals surface area (Å²) in [6, 6.07) is 0.753. The van der Waals surface area contributed by atoms with Crippen molar-refractivity contribution in [3.05, 3.63) is 27.4 Å². The van der Waals surface area contributed by atoms with Gasteiger partial charge >= 0.3 is 10.1 Å². The molecule has 0 spiro atoms. The van der Waals surface area contributed by atoms with Crippen LogP contribution in [0.3, 0.4) is 0 Å². The van der Waals surface area contributed by atoms with Crippen LogP contribution in [-0.2, 0) is 10.1 Å². The highest BCUT2D eigenvalue weighted by atomic mass is 32.2. The van der Waals surface area contributed by atoms with Crippen molar-refractivity contribution >= 4 is 16.2 Å². The van der Waals surface area contributed by atoms with Crippen molar-refractivity contribution in [1.29, 1.82) is 0 Å². The van der Waals surface area contributed by atoms with E-state index in [0.29, 0.717) is 0 Å². The van der Waals surface area contributed by atoms with E-state index in [0.717, 1.165) is 11.5 Å². The van der Waals surface area contributed by atoms with Crippen LogP contribution < -0.4 is 9.74 Å². The Hall–Kier alpha value is -1.76. The number of rotatable bonds is 1. The second kappa shape index (κ2) is 3.63. The lowest BCUT2D eigenvalue weighted by molar-refractivity contribution is 0.416. The molecule has 1 aromatic heterocycles. The molecule has 1 aromatic rings. The van der Waals surface area contributed by atoms with Crippen LogP contribution in [0.2, 0.25) is 0 Å². The van der Waals surface area contributed by atoms with Crippen LogP contribution in [0.15, 0.2) is 16.3 Å². The highest BCUT2D eigenvalue weighted by molar-refractivity contribution is 7.90. The summed E-state index contributed by atoms with van der Waals surface area (Å²) in [5.74, 6) is -0.444. The van der Waals surface area contributed by atoms with Gasteiger partial charge in [-0.15, -0.1) is 0 Å². The Labute approximate surface area is 97.9 Å². The van der Waals surface area contributed by atoms with Gasteiger partial charge in [0.05, 0.1) is 11.0 Å². The van der Waals surface area contributed by atoms with Gasteiger partial charge in [-0.3, -0.25) is 9.36 Å². The second-order valence-electron chi connectivity index (χ2n) is 3.93. The lowest BCUT2D eigenvalue weighted by Gasteiger charge is -2.20. The summed E-state index contributed by atoms with van der Waals surface area (Å²) in [7, 11) is -3.84. The van der Waals surface area contributed by atoms with Crippen LogP contribution in [0.1, 0.15) is 25.5 Å². The molecule has 0 aromatic carbocycles. The number of hydrogen-bond donors (Lipinski definition) is 1. The zero-order valence-electron chi connectivity index (χ0n) is 9.25. The quantitative estimate of drug-likeness (QED) is 0.753. The van der Waals surface area contributed by atoms with E-state index in [4.69, 9.17) is 4.18 Å². The SMILES string of the molecule is CC(C)n1c2c(c(O)cc1=O)C=CS(=O)(=O)O2. The van der Waals surface area contributed by atoms with Gasteiger partial charge in [-0.2, -0.15) is 8.42 Å². The van der Waals surface area contributed by atoms with Crippen LogP contribution in [0.4, 0.5) is 0 Å². The maximum atomic E-state index is 11.7. The molecule has 0 aliphatic carbocycles. The van der Waals surface area contributed by atoms with Gasteiger partial charge in [-0.05, 0) is 19.9 Å². The van der Waals surface area contributed by atoms with Crippen LogP contribution in [0.5, 0.6) is 11.6 Å². The Balaban J connectivity index is 2.83. The molecule has 7 heteroatoms. The fourth-order valence-corrected chi connectivity index (χ4v) is 2.37. The first kappa shape index (κ1) is 11.7. The molecule has 2 rings (SSSR count). The first-order valence-corrected chi connectivity index (χ1v) is 6.40. The first-order valence-electron chi connectivity index (χ1n) is 4.93. The molecule has 0 unspecified atom stereocenters. The van der Waals surface area contributed by atoms with Gasteiger partial charge in [0.1, 0.15) is 5.75 Å². The average molecular weight is 257 g/mol. The van der Waals surface area contributed by atoms with E-state index in [-0.39, 0.29) is 23.2 Å². The summed E-state index contributed by atoms with van der Waals surface area (Å²) < 4.78 is 28.5. The van der Waals surface area contributed by atoms with Crippen LogP contribution in [-0.4, -0.2) is 18.1 Å². The van der Waals surface area contributed by atoms with E-state index in [9.17, 15) is 18.3 Å². The number of aromatic nitrogens is 1. The van der Waals surface area contributed by atoms with E-state index in [2.05, 4.69) is 0 Å². The summed E-state index contributed by atoms with van der Waals surface area (Å²) in [6.07, 6.45) is 1.21. The monoisotopic (exact) mass is 257 g/mol. The van der Waals surface area contributed by atoms with Gasteiger partial charge in [0, 0.05) is 12.1 Å². The lowest BCUT2D eigenvalue weighted by Crippen LogP contribution is -2.26. The molecule has 1 N–H and O–H groups in total. The Morgan fingerprint density at radius 2 is 2.06 bits per heavy atom. The number of fused-ring (bicyclic) bond motifs is 1. The van der Waals surface area contributed by atoms with E-state index in [1.54, 1.807) is 13.8 Å². The van der Waals surface area contributed by atoms with Crippen molar-refractivity contribution < 1.29 is 17.7 Å². The predicted octanol–water partition coefficient (Wildman–Crippen LogP) is 0.828. The number of aromatic hydroxyl groups is 1. The highest BCUT2D eigenvalue weighted by Gasteiger charge is 2.25. The molecular weight excluding hydrogens is 246 g/mol. The van der Waals surface area contributed by atoms with Crippen LogP contribution >= 0.6 is 0 Å². The fourth-order valence-electron chi connectivity index (χ4n) is 1.62. The largest absolute Gasteiger partial charge is 0.507 e. The van der Waals surface area contributed by atoms with E-state index >= 15 is 0 Å². The first-order chi connectivity index (χ1) is 7.82. The second-order valence-corrected chi connectivity index (χ2v) is 5.35. The molecule has 92 valence electrons. The molecule has 6 nitrogen and oxygen atoms in total. The van der Waals surface area contributed by atoms with Crippen LogP contribution in [0.25, 0.3) is 6.08 Å². The molecule has 0 saturated heterocycles. The van der Waals surface area contributed by atoms with Gasteiger partial charge < -0.3 is 9.29 Å². The highest BCUT2D eigenvalue weighted by Crippen LogP contribution is 2.33. The molecule has 0 amide bonds. The molecular formula is C10H11NO5S. The Kier molecular flexibility index (Phi) is 2.50. The standard InChI is InChI=1S/C10H11NO5S/c1-6(2)11-9(13)5-8(12)7-3-4-17(14,15)16-10(7)11/h3-6,12H,1-2H3. The third kappa shape index (κ3) is 1.93. The Morgan fingerprint density at radius 1 is 1.41 bits per heavy atom. The molecule has 0 bridgehead atoms. The predicted molar refractivity (Wildman–Crippen MR) is 61.3 cm³/mol. The molecule has 0 atom stereocenters. The molecule has 0 radical (unpaired) electrons. The van der Waals surface area contributed by atoms with Gasteiger partial charge in [-0.1, -0.05) is 0 Å². The topological polar surface area (TPSA) is 85.6 Å². The van der Waals surface area contributed by atoms with E-state index in [1.165, 1.54) is 10.6 Å². The summed E-state index contributed by atoms with van der Waals surface area (Å²) in [5.41, 5.74) is -0.324. The third-order valence-corrected chi connectivity index (χ3v) is 3.20. The minimum absolute atomic E-state index is 0.146. The van der Waals surface area contributed by atoms with E-state index < -0.39 is 15.7 Å². The minimum atomic E-state index is -3.84. The van der Waals surface area contributed by atoms with Crippen molar-refractivity contribution in [1.82, 2.24) is 4.57 Å². The molecule has 2 heterocycles. The summed E-state index contributed by atoms with van der Waals surface area (Å²) in [4.78, 5) is 11.7. The molecule has 17 heavy (non-hydrogen) atoms. The average Bonchev–Trinajstić information content (AvgIpc) is 2.14. The summed E-state index contributed by atoms with van der Waals surface area (Å²) in [6.45, 7) is 3.43. The summed E-state index contributed by atoms with van der Waals surface area (Å²) in [5, 5.41) is 10.4. The number of hydrogen-bond acceptors (Lipinski definition) is 5. The zero-order valence-corrected chi connectivity index (χ0v) is 10.1.